The Morgan fingerprint density at radius 1 is 1.04 bits per heavy atom. The van der Waals surface area contributed by atoms with Crippen LogP contribution in [0.3, 0.4) is 0 Å². The van der Waals surface area contributed by atoms with E-state index in [0.717, 1.165) is 18.2 Å². The molecule has 0 N–H and O–H groups in total. The van der Waals surface area contributed by atoms with Gasteiger partial charge in [0.05, 0.1) is 31.9 Å². The summed E-state index contributed by atoms with van der Waals surface area (Å²) in [5.41, 5.74) is -0.737. The Labute approximate surface area is 160 Å². The largest absolute Gasteiger partial charge is 0.289 e. The Morgan fingerprint density at radius 3 is 2.00 bits per heavy atom. The van der Waals surface area contributed by atoms with E-state index in [0.29, 0.717) is 0 Å². The van der Waals surface area contributed by atoms with E-state index in [9.17, 15) is 18.9 Å². The number of nitrogens with zero attached hydrogens (tertiary/aromatic N) is 4. The minimum Gasteiger partial charge on any atom is -0.258 e. The normalized spacial score (nSPS) is 9.00. The van der Waals surface area contributed by atoms with Gasteiger partial charge in [0.15, 0.2) is 0 Å². The van der Waals surface area contributed by atoms with Crippen molar-refractivity contribution in [2.24, 2.45) is 4.99 Å². The van der Waals surface area contributed by atoms with E-state index < -0.39 is 27.8 Å². The standard InChI is InChI=1S/C8H2ClFN2S.C7H2ClFN2O2/c9-6-2-7(10)5(3-11)1-8(6)12-4-13;8-5-2-6(9)4(3-10)1-7(5)11(12)13/h2*1-2H. The molecule has 0 spiro atoms. The van der Waals surface area contributed by atoms with E-state index in [4.69, 9.17) is 33.7 Å². The van der Waals surface area contributed by atoms with Gasteiger partial charge in [0.1, 0.15) is 28.8 Å². The molecular weight excluding hydrogens is 409 g/mol. The van der Waals surface area contributed by atoms with Gasteiger partial charge >= 0.3 is 0 Å². The molecule has 2 rings (SSSR count). The maximum Gasteiger partial charge on any atom is 0.289 e. The van der Waals surface area contributed by atoms with Crippen molar-refractivity contribution in [1.29, 1.82) is 10.5 Å². The molecular formula is C15H4Cl2F2N4O2S. The Bertz CT molecular complexity index is 945. The average molecular weight is 413 g/mol. The Kier molecular flexibility index (Phi) is 7.73. The number of nitro groups is 1. The topological polar surface area (TPSA) is 103 Å². The summed E-state index contributed by atoms with van der Waals surface area (Å²) in [5, 5.41) is 29.0. The first-order valence-corrected chi connectivity index (χ1v) is 7.42. The Hall–Kier alpha value is -2.94. The van der Waals surface area contributed by atoms with Crippen molar-refractivity contribution < 1.29 is 13.7 Å². The molecule has 130 valence electrons. The maximum absolute atomic E-state index is 12.9. The number of nitro benzene ring substituents is 1. The van der Waals surface area contributed by atoms with Gasteiger partial charge in [0, 0.05) is 12.1 Å². The number of halogens is 4. The molecule has 2 aromatic carbocycles. The summed E-state index contributed by atoms with van der Waals surface area (Å²) in [6, 6.07) is 6.94. The van der Waals surface area contributed by atoms with Gasteiger partial charge in [-0.05, 0) is 24.4 Å². The molecule has 0 aliphatic heterocycles. The molecule has 0 saturated heterocycles. The number of hydrogen-bond donors (Lipinski definition) is 0. The lowest BCUT2D eigenvalue weighted by Crippen LogP contribution is -1.92. The monoisotopic (exact) mass is 412 g/mol. The van der Waals surface area contributed by atoms with Gasteiger partial charge in [-0.25, -0.2) is 8.78 Å². The highest BCUT2D eigenvalue weighted by Crippen LogP contribution is 2.27. The van der Waals surface area contributed by atoms with E-state index >= 15 is 0 Å². The van der Waals surface area contributed by atoms with Crippen molar-refractivity contribution in [2.75, 3.05) is 0 Å². The summed E-state index contributed by atoms with van der Waals surface area (Å²) in [4.78, 5) is 13.1. The number of hydrogen-bond acceptors (Lipinski definition) is 6. The van der Waals surface area contributed by atoms with Crippen LogP contribution < -0.4 is 0 Å². The molecule has 0 bridgehead atoms. The van der Waals surface area contributed by atoms with Crippen LogP contribution in [-0.2, 0) is 0 Å². The fraction of sp³-hybridized carbons (Fsp3) is 0. The number of isothiocyanates is 1. The van der Waals surface area contributed by atoms with Crippen molar-refractivity contribution in [3.8, 4) is 12.1 Å². The van der Waals surface area contributed by atoms with Crippen molar-refractivity contribution >= 4 is 52.0 Å². The summed E-state index contributed by atoms with van der Waals surface area (Å²) in [6.07, 6.45) is 0. The van der Waals surface area contributed by atoms with Gasteiger partial charge in [-0.3, -0.25) is 10.1 Å². The van der Waals surface area contributed by atoms with Crippen molar-refractivity contribution in [3.05, 3.63) is 67.2 Å². The number of thiocarbonyl (C=S) groups is 1. The summed E-state index contributed by atoms with van der Waals surface area (Å²) in [5.74, 6) is -1.53. The molecule has 0 amide bonds. The van der Waals surface area contributed by atoms with Gasteiger partial charge < -0.3 is 0 Å². The van der Waals surface area contributed by atoms with Crippen molar-refractivity contribution in [3.63, 3.8) is 0 Å². The van der Waals surface area contributed by atoms with Crippen LogP contribution in [0.2, 0.25) is 10.0 Å². The van der Waals surface area contributed by atoms with Crippen LogP contribution in [0, 0.1) is 44.4 Å². The van der Waals surface area contributed by atoms with Crippen LogP contribution in [-0.4, -0.2) is 10.1 Å². The lowest BCUT2D eigenvalue weighted by atomic mass is 10.2. The van der Waals surface area contributed by atoms with E-state index in [1.165, 1.54) is 12.1 Å². The number of aliphatic imine (C=N–C) groups is 1. The van der Waals surface area contributed by atoms with E-state index in [-0.39, 0.29) is 21.3 Å². The lowest BCUT2D eigenvalue weighted by molar-refractivity contribution is -0.384. The third-order valence-electron chi connectivity index (χ3n) is 2.68. The Balaban J connectivity index is 0.000000260. The molecule has 26 heavy (non-hydrogen) atoms. The number of benzene rings is 2. The SMILES string of the molecule is N#Cc1cc(N=C=S)c(Cl)cc1F.N#Cc1cc([N+](=O)[O-])c(Cl)cc1F. The second kappa shape index (κ2) is 9.52. The minimum atomic E-state index is -0.863. The molecule has 0 atom stereocenters. The predicted molar refractivity (Wildman–Crippen MR) is 93.6 cm³/mol. The zero-order valence-corrected chi connectivity index (χ0v) is 14.7. The van der Waals surface area contributed by atoms with Gasteiger partial charge in [0.2, 0.25) is 0 Å². The lowest BCUT2D eigenvalue weighted by Gasteiger charge is -1.97. The molecule has 0 aromatic heterocycles. The third-order valence-corrected chi connectivity index (χ3v) is 3.37. The molecule has 0 unspecified atom stereocenters. The van der Waals surface area contributed by atoms with Crippen molar-refractivity contribution in [2.45, 2.75) is 0 Å². The average Bonchev–Trinajstić information content (AvgIpc) is 2.58. The summed E-state index contributed by atoms with van der Waals surface area (Å²) >= 11 is 15.3. The quantitative estimate of drug-likeness (QED) is 0.286. The molecule has 0 saturated carbocycles. The summed E-state index contributed by atoms with van der Waals surface area (Å²) in [6.45, 7) is 0. The second-order valence-electron chi connectivity index (χ2n) is 4.25. The molecule has 6 nitrogen and oxygen atoms in total. The smallest absolute Gasteiger partial charge is 0.258 e. The number of rotatable bonds is 2. The maximum atomic E-state index is 12.9. The zero-order valence-electron chi connectivity index (χ0n) is 12.3. The molecule has 0 radical (unpaired) electrons. The fourth-order valence-electron chi connectivity index (χ4n) is 1.52. The predicted octanol–water partition coefficient (Wildman–Crippen LogP) is 5.34. The van der Waals surface area contributed by atoms with Gasteiger partial charge in [0.25, 0.3) is 5.69 Å². The van der Waals surface area contributed by atoms with E-state index in [2.05, 4.69) is 22.4 Å². The van der Waals surface area contributed by atoms with Crippen LogP contribution in [0.25, 0.3) is 0 Å². The fourth-order valence-corrected chi connectivity index (χ4v) is 2.03. The van der Waals surface area contributed by atoms with Crippen LogP contribution >= 0.6 is 35.4 Å². The summed E-state index contributed by atoms with van der Waals surface area (Å²) < 4.78 is 25.6. The Morgan fingerprint density at radius 2 is 1.54 bits per heavy atom. The van der Waals surface area contributed by atoms with Crippen LogP contribution in [0.5, 0.6) is 0 Å². The highest BCUT2D eigenvalue weighted by molar-refractivity contribution is 7.78. The van der Waals surface area contributed by atoms with E-state index in [1.807, 2.05) is 0 Å². The molecule has 11 heteroatoms. The highest BCUT2D eigenvalue weighted by Gasteiger charge is 2.16. The molecule has 2 aromatic rings. The molecule has 0 heterocycles. The van der Waals surface area contributed by atoms with E-state index in [1.54, 1.807) is 6.07 Å². The van der Waals surface area contributed by atoms with Crippen LogP contribution in [0.1, 0.15) is 11.1 Å². The van der Waals surface area contributed by atoms with Gasteiger partial charge in [-0.2, -0.15) is 15.5 Å². The number of nitriles is 2. The molecule has 0 fully saturated rings. The van der Waals surface area contributed by atoms with Crippen LogP contribution in [0.4, 0.5) is 20.2 Å². The second-order valence-corrected chi connectivity index (χ2v) is 5.25. The van der Waals surface area contributed by atoms with Gasteiger partial charge in [-0.15, -0.1) is 0 Å². The minimum absolute atomic E-state index is 0.105. The third kappa shape index (κ3) is 5.28. The zero-order chi connectivity index (χ0) is 19.9. The van der Waals surface area contributed by atoms with Gasteiger partial charge in [-0.1, -0.05) is 23.2 Å². The first-order chi connectivity index (χ1) is 12.2. The molecule has 0 aliphatic carbocycles. The first kappa shape index (κ1) is 21.1. The summed E-state index contributed by atoms with van der Waals surface area (Å²) in [7, 11) is 0. The van der Waals surface area contributed by atoms with Crippen LogP contribution in [0.15, 0.2) is 29.3 Å². The first-order valence-electron chi connectivity index (χ1n) is 6.25. The molecule has 0 aliphatic rings. The van der Waals surface area contributed by atoms with Crippen molar-refractivity contribution in [1.82, 2.24) is 0 Å². The highest BCUT2D eigenvalue weighted by atomic mass is 35.5.